The molecule has 9 nitrogen and oxygen atoms in total. The number of non-ortho nitro benzene ring substituents is 1. The SMILES string of the molecule is COc1ccc(CN(CCC(=O)Nc2cc([N+](=O)[O-])ccc2C)C2CCS(=O)(=O)C2)cc1. The monoisotopic (exact) mass is 461 g/mol. The highest BCUT2D eigenvalue weighted by molar-refractivity contribution is 7.91. The molecule has 1 aliphatic rings. The molecule has 0 aromatic heterocycles. The molecule has 1 atom stereocenters. The molecule has 1 heterocycles. The van der Waals surface area contributed by atoms with E-state index in [0.717, 1.165) is 16.9 Å². The number of ether oxygens (including phenoxy) is 1. The minimum Gasteiger partial charge on any atom is -0.497 e. The van der Waals surface area contributed by atoms with Gasteiger partial charge in [-0.1, -0.05) is 18.2 Å². The van der Waals surface area contributed by atoms with Crippen molar-refractivity contribution in [1.29, 1.82) is 0 Å². The number of carbonyl (C=O) groups is 1. The molecule has 1 fully saturated rings. The Labute approximate surface area is 187 Å². The van der Waals surface area contributed by atoms with E-state index in [0.29, 0.717) is 25.2 Å². The summed E-state index contributed by atoms with van der Waals surface area (Å²) >= 11 is 0. The Morgan fingerprint density at radius 2 is 1.97 bits per heavy atom. The molecule has 0 aliphatic carbocycles. The number of nitrogens with zero attached hydrogens (tertiary/aromatic N) is 2. The number of methoxy groups -OCH3 is 1. The van der Waals surface area contributed by atoms with Gasteiger partial charge in [-0.25, -0.2) is 8.42 Å². The van der Waals surface area contributed by atoms with Crippen LogP contribution in [0.15, 0.2) is 42.5 Å². The fourth-order valence-corrected chi connectivity index (χ4v) is 5.50. The standard InChI is InChI=1S/C22H27N3O6S/c1-16-3-6-18(25(27)28)13-21(16)23-22(26)9-11-24(19-10-12-32(29,30)15-19)14-17-4-7-20(31-2)8-5-17/h3-8,13,19H,9-12,14-15H2,1-2H3,(H,23,26). The molecule has 32 heavy (non-hydrogen) atoms. The number of benzene rings is 2. The van der Waals surface area contributed by atoms with E-state index < -0.39 is 14.8 Å². The molecule has 10 heteroatoms. The molecule has 1 amide bonds. The second kappa shape index (κ2) is 10.1. The van der Waals surface area contributed by atoms with E-state index >= 15 is 0 Å². The van der Waals surface area contributed by atoms with Gasteiger partial charge in [0, 0.05) is 37.7 Å². The zero-order valence-corrected chi connectivity index (χ0v) is 18.9. The first-order chi connectivity index (χ1) is 15.2. The average molecular weight is 462 g/mol. The maximum Gasteiger partial charge on any atom is 0.271 e. The van der Waals surface area contributed by atoms with E-state index in [1.807, 2.05) is 29.2 Å². The Morgan fingerprint density at radius 1 is 1.25 bits per heavy atom. The van der Waals surface area contributed by atoms with Crippen LogP contribution in [-0.2, 0) is 21.2 Å². The lowest BCUT2D eigenvalue weighted by Crippen LogP contribution is -2.37. The van der Waals surface area contributed by atoms with Crippen molar-refractivity contribution in [2.75, 3.05) is 30.5 Å². The van der Waals surface area contributed by atoms with Crippen LogP contribution in [0.1, 0.15) is 24.0 Å². The number of nitrogens with one attached hydrogen (secondary N) is 1. The minimum absolute atomic E-state index is 0.0781. The fourth-order valence-electron chi connectivity index (χ4n) is 3.74. The van der Waals surface area contributed by atoms with Crippen LogP contribution in [0.2, 0.25) is 0 Å². The number of nitro groups is 1. The van der Waals surface area contributed by atoms with Crippen molar-refractivity contribution < 1.29 is 22.9 Å². The van der Waals surface area contributed by atoms with Crippen molar-refractivity contribution in [2.24, 2.45) is 0 Å². The molecule has 172 valence electrons. The summed E-state index contributed by atoms with van der Waals surface area (Å²) in [5, 5.41) is 13.7. The van der Waals surface area contributed by atoms with Crippen molar-refractivity contribution in [3.8, 4) is 5.75 Å². The van der Waals surface area contributed by atoms with Gasteiger partial charge in [-0.2, -0.15) is 0 Å². The van der Waals surface area contributed by atoms with Gasteiger partial charge >= 0.3 is 0 Å². The zero-order valence-electron chi connectivity index (χ0n) is 18.1. The van der Waals surface area contributed by atoms with Gasteiger partial charge in [0.05, 0.1) is 29.2 Å². The van der Waals surface area contributed by atoms with Crippen LogP contribution in [0.25, 0.3) is 0 Å². The van der Waals surface area contributed by atoms with E-state index in [2.05, 4.69) is 5.32 Å². The summed E-state index contributed by atoms with van der Waals surface area (Å²) in [5.41, 5.74) is 2.02. The number of carbonyl (C=O) groups excluding carboxylic acids is 1. The maximum absolute atomic E-state index is 12.6. The average Bonchev–Trinajstić information content (AvgIpc) is 3.12. The third kappa shape index (κ3) is 6.27. The second-order valence-corrected chi connectivity index (χ2v) is 10.2. The van der Waals surface area contributed by atoms with E-state index in [1.165, 1.54) is 12.1 Å². The van der Waals surface area contributed by atoms with Gasteiger partial charge in [0.25, 0.3) is 5.69 Å². The second-order valence-electron chi connectivity index (χ2n) is 7.93. The van der Waals surface area contributed by atoms with Gasteiger partial charge in [0.15, 0.2) is 9.84 Å². The van der Waals surface area contributed by atoms with E-state index in [-0.39, 0.29) is 35.6 Å². The molecular weight excluding hydrogens is 434 g/mol. The van der Waals surface area contributed by atoms with Crippen molar-refractivity contribution in [2.45, 2.75) is 32.4 Å². The highest BCUT2D eigenvalue weighted by atomic mass is 32.2. The Kier molecular flexibility index (Phi) is 7.47. The quantitative estimate of drug-likeness (QED) is 0.450. The third-order valence-electron chi connectivity index (χ3n) is 5.60. The fraction of sp³-hybridized carbons (Fsp3) is 0.409. The van der Waals surface area contributed by atoms with Crippen LogP contribution in [0.4, 0.5) is 11.4 Å². The summed E-state index contributed by atoms with van der Waals surface area (Å²) in [6.45, 7) is 2.64. The first-order valence-corrected chi connectivity index (χ1v) is 12.1. The molecular formula is C22H27N3O6S. The van der Waals surface area contributed by atoms with Crippen LogP contribution in [0, 0.1) is 17.0 Å². The molecule has 1 saturated heterocycles. The highest BCUT2D eigenvalue weighted by Gasteiger charge is 2.32. The number of sulfone groups is 1. The highest BCUT2D eigenvalue weighted by Crippen LogP contribution is 2.23. The molecule has 1 N–H and O–H groups in total. The van der Waals surface area contributed by atoms with Crippen molar-refractivity contribution in [3.63, 3.8) is 0 Å². The number of hydrogen-bond acceptors (Lipinski definition) is 7. The van der Waals surface area contributed by atoms with Crippen molar-refractivity contribution in [1.82, 2.24) is 4.90 Å². The molecule has 1 unspecified atom stereocenters. The summed E-state index contributed by atoms with van der Waals surface area (Å²) in [5.74, 6) is 0.676. The molecule has 2 aromatic rings. The van der Waals surface area contributed by atoms with Crippen LogP contribution >= 0.6 is 0 Å². The molecule has 0 bridgehead atoms. The molecule has 1 aliphatic heterocycles. The molecule has 3 rings (SSSR count). The first-order valence-electron chi connectivity index (χ1n) is 10.3. The normalized spacial score (nSPS) is 17.3. The van der Waals surface area contributed by atoms with E-state index in [9.17, 15) is 23.3 Å². The van der Waals surface area contributed by atoms with E-state index in [1.54, 1.807) is 20.1 Å². The summed E-state index contributed by atoms with van der Waals surface area (Å²) in [6.07, 6.45) is 0.666. The predicted octanol–water partition coefficient (Wildman–Crippen LogP) is 2.93. The smallest absolute Gasteiger partial charge is 0.271 e. The van der Waals surface area contributed by atoms with Gasteiger partial charge in [0.2, 0.25) is 5.91 Å². The summed E-state index contributed by atoms with van der Waals surface area (Å²) in [6, 6.07) is 11.7. The largest absolute Gasteiger partial charge is 0.497 e. The third-order valence-corrected chi connectivity index (χ3v) is 7.35. The number of anilines is 1. The van der Waals surface area contributed by atoms with Gasteiger partial charge < -0.3 is 10.1 Å². The molecule has 0 saturated carbocycles. The van der Waals surface area contributed by atoms with Crippen molar-refractivity contribution in [3.05, 3.63) is 63.7 Å². The van der Waals surface area contributed by atoms with Gasteiger partial charge in [-0.15, -0.1) is 0 Å². The van der Waals surface area contributed by atoms with E-state index in [4.69, 9.17) is 4.74 Å². The number of amides is 1. The summed E-state index contributed by atoms with van der Waals surface area (Å²) in [7, 11) is -1.49. The summed E-state index contributed by atoms with van der Waals surface area (Å²) in [4.78, 5) is 25.1. The number of aryl methyl sites for hydroxylation is 1. The molecule has 2 aromatic carbocycles. The lowest BCUT2D eigenvalue weighted by atomic mass is 10.1. The topological polar surface area (TPSA) is 119 Å². The Hall–Kier alpha value is -2.98. The van der Waals surface area contributed by atoms with Gasteiger partial charge in [-0.05, 0) is 36.6 Å². The lowest BCUT2D eigenvalue weighted by Gasteiger charge is -2.28. The first kappa shape index (κ1) is 23.7. The van der Waals surface area contributed by atoms with Crippen LogP contribution in [0.5, 0.6) is 5.75 Å². The summed E-state index contributed by atoms with van der Waals surface area (Å²) < 4.78 is 29.2. The number of hydrogen-bond donors (Lipinski definition) is 1. The van der Waals surface area contributed by atoms with Gasteiger partial charge in [0.1, 0.15) is 5.75 Å². The van der Waals surface area contributed by atoms with Crippen molar-refractivity contribution >= 4 is 27.1 Å². The van der Waals surface area contributed by atoms with Crippen LogP contribution in [0.3, 0.4) is 0 Å². The Balaban J connectivity index is 1.68. The van der Waals surface area contributed by atoms with Gasteiger partial charge in [-0.3, -0.25) is 19.8 Å². The molecule has 0 radical (unpaired) electrons. The lowest BCUT2D eigenvalue weighted by molar-refractivity contribution is -0.384. The van der Waals surface area contributed by atoms with Crippen LogP contribution < -0.4 is 10.1 Å². The molecule has 0 spiro atoms. The number of nitro benzene ring substituents is 1. The maximum atomic E-state index is 12.6. The number of rotatable bonds is 9. The van der Waals surface area contributed by atoms with Crippen LogP contribution in [-0.4, -0.2) is 55.4 Å². The Morgan fingerprint density at radius 3 is 2.56 bits per heavy atom. The minimum atomic E-state index is -3.08. The zero-order chi connectivity index (χ0) is 23.3. The predicted molar refractivity (Wildman–Crippen MR) is 122 cm³/mol. The Bertz CT molecular complexity index is 1090.